The number of carbonyl (C=O) groups is 1. The number of para-hydroxylation sites is 1. The van der Waals surface area contributed by atoms with Gasteiger partial charge in [0, 0.05) is 23.1 Å². The molecule has 30 heavy (non-hydrogen) atoms. The van der Waals surface area contributed by atoms with Crippen LogP contribution in [0.5, 0.6) is 0 Å². The van der Waals surface area contributed by atoms with E-state index in [1.807, 2.05) is 56.3 Å². The summed E-state index contributed by atoms with van der Waals surface area (Å²) in [6.07, 6.45) is 1.65. The molecule has 2 N–H and O–H groups in total. The molecule has 0 bridgehead atoms. The molecule has 1 amide bonds. The Balaban J connectivity index is 1.65. The van der Waals surface area contributed by atoms with Crippen molar-refractivity contribution in [1.29, 1.82) is 0 Å². The van der Waals surface area contributed by atoms with E-state index in [2.05, 4.69) is 16.9 Å². The Morgan fingerprint density at radius 1 is 1.23 bits per heavy atom. The van der Waals surface area contributed by atoms with Crippen molar-refractivity contribution in [1.82, 2.24) is 14.5 Å². The summed E-state index contributed by atoms with van der Waals surface area (Å²) in [5.74, 6) is -0.00250. The first-order valence-electron chi connectivity index (χ1n) is 9.60. The second-order valence-electron chi connectivity index (χ2n) is 7.08. The predicted octanol–water partition coefficient (Wildman–Crippen LogP) is 4.41. The van der Waals surface area contributed by atoms with Crippen LogP contribution in [-0.2, 0) is 11.3 Å². The van der Waals surface area contributed by atoms with Crippen LogP contribution in [-0.4, -0.2) is 26.2 Å². The minimum atomic E-state index is -0.173. The number of H-pyrrole nitrogens is 1. The molecule has 0 saturated heterocycles. The fraction of sp³-hybridized carbons (Fsp3) is 0.174. The molecular formula is C23H22N4O2S. The van der Waals surface area contributed by atoms with Crippen molar-refractivity contribution in [3.8, 4) is 0 Å². The SMILES string of the molecule is C=CCn1c(SCC(=O)Nc2cccc(C)c2C)nc2c([nH]c3ccccc32)c1=O. The number of rotatable bonds is 6. The van der Waals surface area contributed by atoms with E-state index in [9.17, 15) is 9.59 Å². The first kappa shape index (κ1) is 20.0. The zero-order valence-corrected chi connectivity index (χ0v) is 17.7. The van der Waals surface area contributed by atoms with E-state index in [1.54, 1.807) is 10.6 Å². The summed E-state index contributed by atoms with van der Waals surface area (Å²) in [5, 5.41) is 4.33. The Hall–Kier alpha value is -3.32. The van der Waals surface area contributed by atoms with Crippen LogP contribution in [0.2, 0.25) is 0 Å². The maximum atomic E-state index is 13.1. The number of aromatic nitrogens is 3. The minimum absolute atomic E-state index is 0.144. The topological polar surface area (TPSA) is 79.8 Å². The molecular weight excluding hydrogens is 396 g/mol. The second kappa shape index (κ2) is 8.20. The van der Waals surface area contributed by atoms with Gasteiger partial charge in [-0.05, 0) is 37.1 Å². The molecule has 7 heteroatoms. The van der Waals surface area contributed by atoms with E-state index in [1.165, 1.54) is 11.8 Å². The highest BCUT2D eigenvalue weighted by Crippen LogP contribution is 2.25. The lowest BCUT2D eigenvalue weighted by Crippen LogP contribution is -2.24. The number of anilines is 1. The Morgan fingerprint density at radius 3 is 2.83 bits per heavy atom. The largest absolute Gasteiger partial charge is 0.349 e. The zero-order valence-electron chi connectivity index (χ0n) is 16.9. The van der Waals surface area contributed by atoms with Gasteiger partial charge >= 0.3 is 0 Å². The van der Waals surface area contributed by atoms with Gasteiger partial charge in [0.15, 0.2) is 5.16 Å². The maximum absolute atomic E-state index is 13.1. The van der Waals surface area contributed by atoms with Gasteiger partial charge in [0.25, 0.3) is 5.56 Å². The monoisotopic (exact) mass is 418 g/mol. The van der Waals surface area contributed by atoms with Gasteiger partial charge < -0.3 is 10.3 Å². The number of aromatic amines is 1. The average Bonchev–Trinajstić information content (AvgIpc) is 3.11. The van der Waals surface area contributed by atoms with Crippen molar-refractivity contribution in [2.45, 2.75) is 25.5 Å². The molecule has 0 aliphatic carbocycles. The number of allylic oxidation sites excluding steroid dienone is 1. The number of fused-ring (bicyclic) bond motifs is 3. The highest BCUT2D eigenvalue weighted by Gasteiger charge is 2.16. The Kier molecular flexibility index (Phi) is 5.46. The number of amides is 1. The summed E-state index contributed by atoms with van der Waals surface area (Å²) in [7, 11) is 0. The molecule has 0 fully saturated rings. The van der Waals surface area contributed by atoms with Crippen LogP contribution in [0.25, 0.3) is 21.9 Å². The smallest absolute Gasteiger partial charge is 0.278 e. The van der Waals surface area contributed by atoms with Crippen molar-refractivity contribution >= 4 is 45.3 Å². The predicted molar refractivity (Wildman–Crippen MR) is 123 cm³/mol. The van der Waals surface area contributed by atoms with Crippen molar-refractivity contribution in [2.75, 3.05) is 11.1 Å². The third-order valence-electron chi connectivity index (χ3n) is 5.10. The fourth-order valence-corrected chi connectivity index (χ4v) is 4.18. The highest BCUT2D eigenvalue weighted by molar-refractivity contribution is 7.99. The average molecular weight is 419 g/mol. The lowest BCUT2D eigenvalue weighted by molar-refractivity contribution is -0.113. The molecule has 152 valence electrons. The molecule has 6 nitrogen and oxygen atoms in total. The van der Waals surface area contributed by atoms with E-state index in [4.69, 9.17) is 4.98 Å². The van der Waals surface area contributed by atoms with Crippen molar-refractivity contribution in [3.05, 3.63) is 76.6 Å². The molecule has 2 aromatic carbocycles. The minimum Gasteiger partial charge on any atom is -0.349 e. The molecule has 4 rings (SSSR count). The van der Waals surface area contributed by atoms with E-state index in [-0.39, 0.29) is 17.2 Å². The van der Waals surface area contributed by atoms with Crippen molar-refractivity contribution in [3.63, 3.8) is 0 Å². The lowest BCUT2D eigenvalue weighted by Gasteiger charge is -2.12. The van der Waals surface area contributed by atoms with Gasteiger partial charge in [-0.25, -0.2) is 4.98 Å². The van der Waals surface area contributed by atoms with Gasteiger partial charge in [0.1, 0.15) is 11.0 Å². The number of nitrogens with zero attached hydrogens (tertiary/aromatic N) is 2. The zero-order chi connectivity index (χ0) is 21.3. The first-order chi connectivity index (χ1) is 14.5. The highest BCUT2D eigenvalue weighted by atomic mass is 32.2. The van der Waals surface area contributed by atoms with Gasteiger partial charge in [-0.15, -0.1) is 6.58 Å². The number of benzene rings is 2. The Bertz CT molecular complexity index is 1340. The third-order valence-corrected chi connectivity index (χ3v) is 6.08. The van der Waals surface area contributed by atoms with Gasteiger partial charge in [-0.1, -0.05) is 48.2 Å². The number of hydrogen-bond donors (Lipinski definition) is 2. The van der Waals surface area contributed by atoms with Crippen LogP contribution in [0.15, 0.2) is 65.1 Å². The molecule has 2 aromatic heterocycles. The quantitative estimate of drug-likeness (QED) is 0.276. The fourth-order valence-electron chi connectivity index (χ4n) is 3.38. The summed E-state index contributed by atoms with van der Waals surface area (Å²) in [4.78, 5) is 33.5. The van der Waals surface area contributed by atoms with Crippen LogP contribution < -0.4 is 10.9 Å². The molecule has 0 radical (unpaired) electrons. The third kappa shape index (κ3) is 3.64. The molecule has 0 aliphatic rings. The van der Waals surface area contributed by atoms with Gasteiger partial charge in [0.05, 0.1) is 5.75 Å². The number of thioether (sulfide) groups is 1. The molecule has 0 aliphatic heterocycles. The number of aryl methyl sites for hydroxylation is 1. The molecule has 0 spiro atoms. The lowest BCUT2D eigenvalue weighted by atomic mass is 10.1. The second-order valence-corrected chi connectivity index (χ2v) is 8.02. The molecule has 0 atom stereocenters. The van der Waals surface area contributed by atoms with Gasteiger partial charge in [-0.3, -0.25) is 14.2 Å². The molecule has 0 unspecified atom stereocenters. The van der Waals surface area contributed by atoms with E-state index in [0.29, 0.717) is 22.7 Å². The Morgan fingerprint density at radius 2 is 2.03 bits per heavy atom. The van der Waals surface area contributed by atoms with E-state index >= 15 is 0 Å². The summed E-state index contributed by atoms with van der Waals surface area (Å²) in [6.45, 7) is 8.05. The van der Waals surface area contributed by atoms with Crippen LogP contribution >= 0.6 is 11.8 Å². The molecule has 0 saturated carbocycles. The summed E-state index contributed by atoms with van der Waals surface area (Å²) in [6, 6.07) is 13.5. The Labute approximate surface area is 178 Å². The molecule has 2 heterocycles. The van der Waals surface area contributed by atoms with Crippen LogP contribution in [0.1, 0.15) is 11.1 Å². The number of nitrogens with one attached hydrogen (secondary N) is 2. The first-order valence-corrected chi connectivity index (χ1v) is 10.6. The number of hydrogen-bond acceptors (Lipinski definition) is 4. The standard InChI is InChI=1S/C23H22N4O2S/c1-4-12-27-22(29)21-20(16-9-5-6-10-18(16)25-21)26-23(27)30-13-19(28)24-17-11-7-8-14(2)15(17)3/h4-11,25H,1,12-13H2,2-3H3,(H,24,28). The normalized spacial score (nSPS) is 11.1. The van der Waals surface area contributed by atoms with E-state index < -0.39 is 0 Å². The summed E-state index contributed by atoms with van der Waals surface area (Å²) < 4.78 is 1.54. The summed E-state index contributed by atoms with van der Waals surface area (Å²) in [5.41, 5.74) is 4.72. The van der Waals surface area contributed by atoms with Gasteiger partial charge in [0.2, 0.25) is 5.91 Å². The van der Waals surface area contributed by atoms with Crippen LogP contribution in [0.3, 0.4) is 0 Å². The van der Waals surface area contributed by atoms with Gasteiger partial charge in [-0.2, -0.15) is 0 Å². The number of carbonyl (C=O) groups excluding carboxylic acids is 1. The van der Waals surface area contributed by atoms with Crippen LogP contribution in [0, 0.1) is 13.8 Å². The van der Waals surface area contributed by atoms with Crippen molar-refractivity contribution < 1.29 is 4.79 Å². The summed E-state index contributed by atoms with van der Waals surface area (Å²) >= 11 is 1.24. The molecule has 4 aromatic rings. The van der Waals surface area contributed by atoms with Crippen LogP contribution in [0.4, 0.5) is 5.69 Å². The maximum Gasteiger partial charge on any atom is 0.278 e. The van der Waals surface area contributed by atoms with E-state index in [0.717, 1.165) is 27.7 Å². The van der Waals surface area contributed by atoms with Crippen molar-refractivity contribution in [2.24, 2.45) is 0 Å².